The number of nitrogens with zero attached hydrogens (tertiary/aromatic N) is 1. The number of likely N-dealkylation sites (N-methyl/N-ethyl adjacent to an activating group) is 1. The van der Waals surface area contributed by atoms with Crippen molar-refractivity contribution in [3.63, 3.8) is 0 Å². The minimum atomic E-state index is -0.489. The Balaban J connectivity index is 3.25. The van der Waals surface area contributed by atoms with Crippen LogP contribution in [0.25, 0.3) is 0 Å². The first-order valence-electron chi connectivity index (χ1n) is 4.26. The van der Waals surface area contributed by atoms with Gasteiger partial charge in [-0.1, -0.05) is 0 Å². The van der Waals surface area contributed by atoms with Crippen LogP contribution in [-0.2, 0) is 0 Å². The van der Waals surface area contributed by atoms with E-state index in [1.54, 1.807) is 6.82 Å². The van der Waals surface area contributed by atoms with Gasteiger partial charge in [0.05, 0.1) is 6.10 Å². The fourth-order valence-corrected chi connectivity index (χ4v) is 0.972. The van der Waals surface area contributed by atoms with Gasteiger partial charge in [-0.15, -0.1) is 0 Å². The number of aliphatic hydroxyl groups is 1. The average Bonchev–Trinajstić information content (AvgIpc) is 1.84. The molecule has 5 heteroatoms. The summed E-state index contributed by atoms with van der Waals surface area (Å²) in [7, 11) is 3.35. The Morgan fingerprint density at radius 3 is 2.50 bits per heavy atom. The van der Waals surface area contributed by atoms with Gasteiger partial charge in [-0.2, -0.15) is 0 Å². The highest BCUT2D eigenvalue weighted by atomic mass is 16.3. The zero-order valence-electron chi connectivity index (χ0n) is 8.12. The highest BCUT2D eigenvalue weighted by Crippen LogP contribution is 1.91. The van der Waals surface area contributed by atoms with Crippen molar-refractivity contribution in [2.45, 2.75) is 19.3 Å². The lowest BCUT2D eigenvalue weighted by Crippen LogP contribution is -2.35. The van der Waals surface area contributed by atoms with Gasteiger partial charge in [0.15, 0.2) is 0 Å². The normalized spacial score (nSPS) is 13.5. The maximum absolute atomic E-state index is 9.37. The summed E-state index contributed by atoms with van der Waals surface area (Å²) >= 11 is 0. The topological polar surface area (TPSA) is 55.7 Å². The molecule has 0 radical (unpaired) electrons. The van der Waals surface area contributed by atoms with Crippen molar-refractivity contribution < 1.29 is 10.1 Å². The van der Waals surface area contributed by atoms with Gasteiger partial charge in [-0.05, 0) is 33.9 Å². The number of nitrogens with one attached hydrogen (secondary N) is 1. The smallest absolute Gasteiger partial charge is 0.373 e. The maximum atomic E-state index is 9.37. The number of hydrogen-bond acceptors (Lipinski definition) is 4. The van der Waals surface area contributed by atoms with Gasteiger partial charge in [0, 0.05) is 6.54 Å². The Bertz CT molecular complexity index is 112. The summed E-state index contributed by atoms with van der Waals surface area (Å²) in [5, 5.41) is 21.0. The van der Waals surface area contributed by atoms with Crippen LogP contribution in [0.2, 0.25) is 6.82 Å². The highest BCUT2D eigenvalue weighted by molar-refractivity contribution is 6.45. The summed E-state index contributed by atoms with van der Waals surface area (Å²) in [6, 6.07) is 0. The molecule has 0 rings (SSSR count). The van der Waals surface area contributed by atoms with E-state index in [9.17, 15) is 5.11 Å². The van der Waals surface area contributed by atoms with Crippen LogP contribution in [0.1, 0.15) is 6.42 Å². The third-order valence-electron chi connectivity index (χ3n) is 1.49. The Hall–Kier alpha value is -0.0951. The first-order valence-corrected chi connectivity index (χ1v) is 4.26. The van der Waals surface area contributed by atoms with Gasteiger partial charge in [0.1, 0.15) is 0 Å². The van der Waals surface area contributed by atoms with Crippen LogP contribution >= 0.6 is 0 Å². The summed E-state index contributed by atoms with van der Waals surface area (Å²) in [5.41, 5.74) is 0. The van der Waals surface area contributed by atoms with E-state index >= 15 is 0 Å². The molecule has 12 heavy (non-hydrogen) atoms. The SMILES string of the molecule is CB(O)NCCC(O)CN(C)C. The molecule has 0 spiro atoms. The molecular weight excluding hydrogens is 155 g/mol. The lowest BCUT2D eigenvalue weighted by Gasteiger charge is -2.15. The Labute approximate surface area is 74.7 Å². The average molecular weight is 174 g/mol. The molecule has 4 nitrogen and oxygen atoms in total. The summed E-state index contributed by atoms with van der Waals surface area (Å²) in [5.74, 6) is 0. The van der Waals surface area contributed by atoms with Crippen LogP contribution in [0.15, 0.2) is 0 Å². The van der Waals surface area contributed by atoms with Crippen molar-refractivity contribution in [3.8, 4) is 0 Å². The van der Waals surface area contributed by atoms with Gasteiger partial charge in [0.2, 0.25) is 0 Å². The molecule has 1 unspecified atom stereocenters. The molecule has 0 aliphatic heterocycles. The Morgan fingerprint density at radius 2 is 2.08 bits per heavy atom. The van der Waals surface area contributed by atoms with Gasteiger partial charge < -0.3 is 20.3 Å². The second kappa shape index (κ2) is 6.42. The summed E-state index contributed by atoms with van der Waals surface area (Å²) in [6.45, 7) is 2.98. The molecule has 0 saturated carbocycles. The van der Waals surface area contributed by atoms with Crippen LogP contribution < -0.4 is 5.23 Å². The van der Waals surface area contributed by atoms with E-state index in [0.29, 0.717) is 19.5 Å². The van der Waals surface area contributed by atoms with E-state index in [2.05, 4.69) is 5.23 Å². The van der Waals surface area contributed by atoms with Crippen molar-refractivity contribution in [1.29, 1.82) is 0 Å². The van der Waals surface area contributed by atoms with E-state index in [1.165, 1.54) is 0 Å². The molecule has 0 aliphatic carbocycles. The third-order valence-corrected chi connectivity index (χ3v) is 1.49. The Kier molecular flexibility index (Phi) is 6.37. The quantitative estimate of drug-likeness (QED) is 0.452. The molecule has 0 heterocycles. The van der Waals surface area contributed by atoms with Crippen LogP contribution in [0.3, 0.4) is 0 Å². The van der Waals surface area contributed by atoms with Gasteiger partial charge >= 0.3 is 7.05 Å². The molecule has 0 amide bonds. The highest BCUT2D eigenvalue weighted by Gasteiger charge is 2.06. The zero-order chi connectivity index (χ0) is 9.56. The Morgan fingerprint density at radius 1 is 1.50 bits per heavy atom. The number of rotatable bonds is 6. The van der Waals surface area contributed by atoms with Crippen LogP contribution in [0, 0.1) is 0 Å². The predicted octanol–water partition coefficient (Wildman–Crippen LogP) is -1.00. The molecular formula is C7H19BN2O2. The molecule has 0 aliphatic rings. The largest absolute Gasteiger partial charge is 0.437 e. The molecule has 3 N–H and O–H groups in total. The summed E-state index contributed by atoms with van der Waals surface area (Å²) in [6.07, 6.45) is 0.356. The minimum absolute atomic E-state index is 0.314. The molecule has 0 aromatic heterocycles. The summed E-state index contributed by atoms with van der Waals surface area (Å²) < 4.78 is 0. The lowest BCUT2D eigenvalue weighted by molar-refractivity contribution is 0.129. The molecule has 0 fully saturated rings. The fraction of sp³-hybridized carbons (Fsp3) is 1.00. The molecule has 0 aromatic carbocycles. The third kappa shape index (κ3) is 8.01. The molecule has 72 valence electrons. The van der Waals surface area contributed by atoms with Crippen molar-refractivity contribution in [2.24, 2.45) is 0 Å². The van der Waals surface area contributed by atoms with Gasteiger partial charge in [-0.3, -0.25) is 0 Å². The van der Waals surface area contributed by atoms with Crippen LogP contribution in [0.5, 0.6) is 0 Å². The summed E-state index contributed by atoms with van der Waals surface area (Å²) in [4.78, 5) is 1.94. The van der Waals surface area contributed by atoms with Crippen LogP contribution in [0.4, 0.5) is 0 Å². The predicted molar refractivity (Wildman–Crippen MR) is 51.0 cm³/mol. The van der Waals surface area contributed by atoms with Crippen molar-refractivity contribution in [2.75, 3.05) is 27.2 Å². The number of aliphatic hydroxyl groups excluding tert-OH is 1. The standard InChI is InChI=1S/C7H19BN2O2/c1-8(12)9-5-4-7(11)6-10(2)3/h7,9,11-12H,4-6H2,1-3H3. The number of hydrogen-bond donors (Lipinski definition) is 3. The van der Waals surface area contributed by atoms with Gasteiger partial charge in [-0.25, -0.2) is 0 Å². The minimum Gasteiger partial charge on any atom is -0.437 e. The molecule has 0 saturated heterocycles. The van der Waals surface area contributed by atoms with Crippen molar-refractivity contribution >= 4 is 7.05 Å². The second-order valence-electron chi connectivity index (χ2n) is 3.33. The van der Waals surface area contributed by atoms with Crippen molar-refractivity contribution in [1.82, 2.24) is 10.1 Å². The van der Waals surface area contributed by atoms with E-state index in [1.807, 2.05) is 19.0 Å². The second-order valence-corrected chi connectivity index (χ2v) is 3.33. The van der Waals surface area contributed by atoms with E-state index < -0.39 is 7.05 Å². The molecule has 1 atom stereocenters. The monoisotopic (exact) mass is 174 g/mol. The van der Waals surface area contributed by atoms with Gasteiger partial charge in [0.25, 0.3) is 0 Å². The van der Waals surface area contributed by atoms with E-state index in [4.69, 9.17) is 5.02 Å². The fourth-order valence-electron chi connectivity index (χ4n) is 0.972. The first kappa shape index (κ1) is 11.9. The van der Waals surface area contributed by atoms with Crippen molar-refractivity contribution in [3.05, 3.63) is 0 Å². The van der Waals surface area contributed by atoms with E-state index in [-0.39, 0.29) is 6.10 Å². The molecule has 0 aromatic rings. The maximum Gasteiger partial charge on any atom is 0.373 e. The zero-order valence-corrected chi connectivity index (χ0v) is 8.12. The van der Waals surface area contributed by atoms with Crippen LogP contribution in [-0.4, -0.2) is 55.4 Å². The first-order chi connectivity index (χ1) is 5.52. The lowest BCUT2D eigenvalue weighted by atomic mass is 9.89. The molecule has 0 bridgehead atoms. The van der Waals surface area contributed by atoms with E-state index in [0.717, 1.165) is 0 Å².